The average Bonchev–Trinajstić information content (AvgIpc) is 2.31. The van der Waals surface area contributed by atoms with Crippen LogP contribution in [0.1, 0.15) is 77.6 Å². The Labute approximate surface area is 117 Å². The van der Waals surface area contributed by atoms with Gasteiger partial charge < -0.3 is 0 Å². The van der Waals surface area contributed by atoms with Crippen LogP contribution in [0.15, 0.2) is 0 Å². The summed E-state index contributed by atoms with van der Waals surface area (Å²) in [6.45, 7) is 2.28. The van der Waals surface area contributed by atoms with Crippen molar-refractivity contribution in [3.05, 3.63) is 0 Å². The molecule has 0 amide bonds. The van der Waals surface area contributed by atoms with Crippen molar-refractivity contribution < 1.29 is 0 Å². The summed E-state index contributed by atoms with van der Waals surface area (Å²) in [5, 5.41) is 1.60. The van der Waals surface area contributed by atoms with Crippen molar-refractivity contribution in [3.63, 3.8) is 0 Å². The molecule has 0 aromatic rings. The maximum absolute atomic E-state index is 4.47. The molecule has 0 aromatic carbocycles. The second-order valence-electron chi connectivity index (χ2n) is 4.78. The van der Waals surface area contributed by atoms with E-state index in [1.807, 2.05) is 0 Å². The molecule has 0 fully saturated rings. The molecule has 16 heavy (non-hydrogen) atoms. The first-order valence-corrected chi connectivity index (χ1v) is 8.69. The van der Waals surface area contributed by atoms with Crippen LogP contribution in [0.3, 0.4) is 0 Å². The van der Waals surface area contributed by atoms with Gasteiger partial charge in [0.2, 0.25) is 0 Å². The van der Waals surface area contributed by atoms with Crippen LogP contribution in [0.4, 0.5) is 0 Å². The summed E-state index contributed by atoms with van der Waals surface area (Å²) >= 11 is 7.94. The minimum atomic E-state index is 0.564. The van der Waals surface area contributed by atoms with Crippen molar-refractivity contribution in [2.45, 2.75) is 82.8 Å². The third kappa shape index (κ3) is 12.9. The second kappa shape index (κ2) is 13.9. The lowest BCUT2D eigenvalue weighted by Gasteiger charge is -2.06. The molecule has 0 nitrogen and oxygen atoms in total. The van der Waals surface area contributed by atoms with E-state index >= 15 is 0 Å². The maximum Gasteiger partial charge on any atom is 0.0148 e. The first-order chi connectivity index (χ1) is 7.81. The Morgan fingerprint density at radius 1 is 0.812 bits per heavy atom. The van der Waals surface area contributed by atoms with Gasteiger partial charge in [0, 0.05) is 10.6 Å². The van der Waals surface area contributed by atoms with Crippen LogP contribution < -0.4 is 0 Å². The largest absolute Gasteiger partial charge is 0.175 e. The van der Waals surface area contributed by atoms with E-state index in [1.165, 1.54) is 70.6 Å². The summed E-state index contributed by atoms with van der Waals surface area (Å²) in [5.41, 5.74) is 0. The Balaban J connectivity index is 2.93. The van der Waals surface area contributed by atoms with E-state index < -0.39 is 0 Å². The Hall–Kier alpha value is 0.830. The first-order valence-electron chi connectivity index (χ1n) is 7.05. The maximum atomic E-state index is 4.47. The Kier molecular flexibility index (Phi) is 14.6. The van der Waals surface area contributed by atoms with Crippen molar-refractivity contribution >= 4 is 28.6 Å². The summed E-state index contributed by atoms with van der Waals surface area (Å²) in [5.74, 6) is 0. The van der Waals surface area contributed by atoms with Crippen molar-refractivity contribution in [3.8, 4) is 0 Å². The zero-order valence-electron chi connectivity index (χ0n) is 10.9. The average molecular weight is 309 g/mol. The zero-order valence-corrected chi connectivity index (χ0v) is 13.4. The predicted molar refractivity (Wildman–Crippen MR) is 83.0 cm³/mol. The van der Waals surface area contributed by atoms with Crippen LogP contribution in [-0.2, 0) is 0 Å². The molecule has 98 valence electrons. The molecule has 0 saturated carbocycles. The lowest BCUT2D eigenvalue weighted by molar-refractivity contribution is 0.550. The van der Waals surface area contributed by atoms with E-state index in [1.54, 1.807) is 0 Å². The molecule has 0 radical (unpaired) electrons. The summed E-state index contributed by atoms with van der Waals surface area (Å²) in [6.07, 6.45) is 15.5. The number of hydrogen-bond donors (Lipinski definition) is 1. The monoisotopic (exact) mass is 308 g/mol. The number of halogens is 1. The molecule has 0 saturated heterocycles. The van der Waals surface area contributed by atoms with Gasteiger partial charge in [0.15, 0.2) is 0 Å². The zero-order chi connectivity index (χ0) is 12.1. The van der Waals surface area contributed by atoms with Crippen LogP contribution in [0, 0.1) is 0 Å². The van der Waals surface area contributed by atoms with E-state index in [4.69, 9.17) is 0 Å². The minimum Gasteiger partial charge on any atom is -0.175 e. The van der Waals surface area contributed by atoms with Crippen LogP contribution >= 0.6 is 28.6 Å². The SMILES string of the molecule is CCCCCCCCCCCCC(S)CBr. The van der Waals surface area contributed by atoms with Gasteiger partial charge in [-0.25, -0.2) is 0 Å². The Morgan fingerprint density at radius 3 is 1.69 bits per heavy atom. The predicted octanol–water partition coefficient (Wildman–Crippen LogP) is 5.99. The van der Waals surface area contributed by atoms with Gasteiger partial charge in [-0.2, -0.15) is 12.6 Å². The van der Waals surface area contributed by atoms with Gasteiger partial charge in [-0.3, -0.25) is 0 Å². The fourth-order valence-corrected chi connectivity index (χ4v) is 2.45. The van der Waals surface area contributed by atoms with Crippen molar-refractivity contribution in [2.75, 3.05) is 5.33 Å². The smallest absolute Gasteiger partial charge is 0.0148 e. The fraction of sp³-hybridized carbons (Fsp3) is 1.00. The third-order valence-corrected chi connectivity index (χ3v) is 4.79. The van der Waals surface area contributed by atoms with Crippen LogP contribution in [-0.4, -0.2) is 10.6 Å². The fourth-order valence-electron chi connectivity index (χ4n) is 1.94. The number of rotatable bonds is 12. The molecule has 2 heteroatoms. The molecule has 0 heterocycles. The van der Waals surface area contributed by atoms with E-state index in [0.717, 1.165) is 5.33 Å². The van der Waals surface area contributed by atoms with Gasteiger partial charge in [-0.05, 0) is 6.42 Å². The highest BCUT2D eigenvalue weighted by Crippen LogP contribution is 2.14. The molecule has 1 unspecified atom stereocenters. The topological polar surface area (TPSA) is 0 Å². The highest BCUT2D eigenvalue weighted by Gasteiger charge is 1.99. The number of unbranched alkanes of at least 4 members (excludes halogenated alkanes) is 9. The Bertz CT molecular complexity index is 128. The molecule has 0 aromatic heterocycles. The van der Waals surface area contributed by atoms with Gasteiger partial charge in [-0.15, -0.1) is 0 Å². The molecule has 0 aliphatic heterocycles. The van der Waals surface area contributed by atoms with E-state index in [2.05, 4.69) is 35.5 Å². The molecule has 0 spiro atoms. The quantitative estimate of drug-likeness (QED) is 0.255. The third-order valence-electron chi connectivity index (χ3n) is 3.07. The van der Waals surface area contributed by atoms with Crippen molar-refractivity contribution in [2.24, 2.45) is 0 Å². The molecular formula is C14H29BrS. The lowest BCUT2D eigenvalue weighted by Crippen LogP contribution is -1.98. The molecule has 0 aliphatic rings. The van der Waals surface area contributed by atoms with Crippen molar-refractivity contribution in [1.82, 2.24) is 0 Å². The lowest BCUT2D eigenvalue weighted by atomic mass is 10.1. The minimum absolute atomic E-state index is 0.564. The number of thiol groups is 1. The molecule has 0 rings (SSSR count). The number of hydrogen-bond acceptors (Lipinski definition) is 1. The molecule has 0 bridgehead atoms. The normalized spacial score (nSPS) is 12.9. The second-order valence-corrected chi connectivity index (χ2v) is 6.16. The molecule has 0 N–H and O–H groups in total. The van der Waals surface area contributed by atoms with Gasteiger partial charge in [0.05, 0.1) is 0 Å². The van der Waals surface area contributed by atoms with Gasteiger partial charge in [0.1, 0.15) is 0 Å². The van der Waals surface area contributed by atoms with Crippen LogP contribution in [0.5, 0.6) is 0 Å². The summed E-state index contributed by atoms with van der Waals surface area (Å²) in [4.78, 5) is 0. The van der Waals surface area contributed by atoms with Crippen molar-refractivity contribution in [1.29, 1.82) is 0 Å². The molecular weight excluding hydrogens is 280 g/mol. The van der Waals surface area contributed by atoms with Gasteiger partial charge >= 0.3 is 0 Å². The number of alkyl halides is 1. The van der Waals surface area contributed by atoms with E-state index in [-0.39, 0.29) is 0 Å². The molecule has 0 aliphatic carbocycles. The summed E-state index contributed by atoms with van der Waals surface area (Å²) in [7, 11) is 0. The van der Waals surface area contributed by atoms with Crippen LogP contribution in [0.25, 0.3) is 0 Å². The van der Waals surface area contributed by atoms with E-state index in [0.29, 0.717) is 5.25 Å². The first kappa shape index (κ1) is 16.8. The van der Waals surface area contributed by atoms with E-state index in [9.17, 15) is 0 Å². The molecule has 1 atom stereocenters. The summed E-state index contributed by atoms with van der Waals surface area (Å²) in [6, 6.07) is 0. The highest BCUT2D eigenvalue weighted by molar-refractivity contribution is 9.09. The standard InChI is InChI=1S/C14H29BrS/c1-2-3-4-5-6-7-8-9-10-11-12-14(16)13-15/h14,16H,2-13H2,1H3. The van der Waals surface area contributed by atoms with Gasteiger partial charge in [0.25, 0.3) is 0 Å². The highest BCUT2D eigenvalue weighted by atomic mass is 79.9. The summed E-state index contributed by atoms with van der Waals surface area (Å²) < 4.78 is 0. The van der Waals surface area contributed by atoms with Gasteiger partial charge in [-0.1, -0.05) is 87.1 Å². The Morgan fingerprint density at radius 2 is 1.25 bits per heavy atom. The van der Waals surface area contributed by atoms with Crippen LogP contribution in [0.2, 0.25) is 0 Å².